The maximum Gasteiger partial charge on any atom is 0.229 e. The summed E-state index contributed by atoms with van der Waals surface area (Å²) in [6.07, 6.45) is 1.02. The molecule has 1 rings (SSSR count). The third-order valence-electron chi connectivity index (χ3n) is 1.08. The second kappa shape index (κ2) is 3.10. The molecule has 1 aromatic carbocycles. The number of anilines is 1. The average molecular weight is 188 g/mol. The van der Waals surface area contributed by atoms with Crippen LogP contribution in [0.15, 0.2) is 18.2 Å². The topological polar surface area (TPSA) is 46.2 Å². The molecule has 1 N–H and O–H groups in total. The van der Waals surface area contributed by atoms with Gasteiger partial charge in [0.1, 0.15) is 5.82 Å². The molecule has 0 saturated carbocycles. The summed E-state index contributed by atoms with van der Waals surface area (Å²) in [6.45, 7) is 0. The van der Waals surface area contributed by atoms with E-state index in [0.29, 0.717) is 5.69 Å². The fourth-order valence-corrected chi connectivity index (χ4v) is 1.24. The fraction of sp³-hybridized carbons (Fsp3) is 0.143. The molecule has 0 spiro atoms. The Bertz CT molecular complexity index is 357. The van der Waals surface area contributed by atoms with Gasteiger partial charge in [-0.05, 0) is 18.2 Å². The van der Waals surface area contributed by atoms with Gasteiger partial charge in [0.2, 0.25) is 10.0 Å². The lowest BCUT2D eigenvalue weighted by atomic mass is 10.3. The first kappa shape index (κ1) is 8.99. The Labute approximate surface area is 70.3 Å². The molecular weight excluding hydrogens is 181 g/mol. The zero-order chi connectivity index (χ0) is 9.19. The van der Waals surface area contributed by atoms with Crippen molar-refractivity contribution in [2.45, 2.75) is 0 Å². The van der Waals surface area contributed by atoms with Crippen LogP contribution in [0.25, 0.3) is 0 Å². The molecule has 0 aliphatic carbocycles. The predicted molar refractivity (Wildman–Crippen MR) is 43.7 cm³/mol. The number of hydrogen-bond donors (Lipinski definition) is 1. The zero-order valence-electron chi connectivity index (χ0n) is 6.33. The van der Waals surface area contributed by atoms with Gasteiger partial charge in [0.25, 0.3) is 0 Å². The van der Waals surface area contributed by atoms with Crippen molar-refractivity contribution in [2.75, 3.05) is 11.0 Å². The van der Waals surface area contributed by atoms with E-state index in [4.69, 9.17) is 0 Å². The smallest absolute Gasteiger partial charge is 0.229 e. The van der Waals surface area contributed by atoms with Crippen LogP contribution in [0.3, 0.4) is 0 Å². The summed E-state index contributed by atoms with van der Waals surface area (Å²) in [4.78, 5) is 0. The summed E-state index contributed by atoms with van der Waals surface area (Å²) in [5.41, 5.74) is 0.305. The number of benzene rings is 1. The number of sulfonamides is 1. The minimum atomic E-state index is -3.28. The molecule has 3 nitrogen and oxygen atoms in total. The molecule has 0 bridgehead atoms. The highest BCUT2D eigenvalue weighted by Crippen LogP contribution is 2.08. The van der Waals surface area contributed by atoms with E-state index in [2.05, 4.69) is 10.8 Å². The Kier molecular flexibility index (Phi) is 2.32. The lowest BCUT2D eigenvalue weighted by Gasteiger charge is -2.01. The van der Waals surface area contributed by atoms with Gasteiger partial charge in [0.05, 0.1) is 6.26 Å². The van der Waals surface area contributed by atoms with Crippen molar-refractivity contribution in [3.63, 3.8) is 0 Å². The maximum atomic E-state index is 12.3. The van der Waals surface area contributed by atoms with Gasteiger partial charge in [-0.15, -0.1) is 0 Å². The summed E-state index contributed by atoms with van der Waals surface area (Å²) in [7, 11) is -3.28. The van der Waals surface area contributed by atoms with Crippen molar-refractivity contribution in [1.82, 2.24) is 0 Å². The summed E-state index contributed by atoms with van der Waals surface area (Å²) < 4.78 is 35.8. The number of halogens is 1. The van der Waals surface area contributed by atoms with Crippen molar-refractivity contribution < 1.29 is 12.8 Å². The molecule has 0 fully saturated rings. The SMILES string of the molecule is CS(=O)(=O)Nc1c[c]c(F)cc1. The summed E-state index contributed by atoms with van der Waals surface area (Å²) in [5.74, 6) is -0.519. The van der Waals surface area contributed by atoms with E-state index in [1.54, 1.807) is 0 Å². The van der Waals surface area contributed by atoms with Crippen LogP contribution >= 0.6 is 0 Å². The highest BCUT2D eigenvalue weighted by Gasteiger charge is 2.00. The van der Waals surface area contributed by atoms with Gasteiger partial charge < -0.3 is 0 Å². The second-order valence-electron chi connectivity index (χ2n) is 2.30. The van der Waals surface area contributed by atoms with E-state index < -0.39 is 15.8 Å². The summed E-state index contributed by atoms with van der Waals surface area (Å²) in [6, 6.07) is 5.92. The zero-order valence-corrected chi connectivity index (χ0v) is 7.15. The molecule has 0 atom stereocenters. The number of hydrogen-bond acceptors (Lipinski definition) is 2. The molecule has 1 aromatic rings. The lowest BCUT2D eigenvalue weighted by Crippen LogP contribution is -2.09. The van der Waals surface area contributed by atoms with Gasteiger partial charge in [-0.25, -0.2) is 12.8 Å². The quantitative estimate of drug-likeness (QED) is 0.752. The van der Waals surface area contributed by atoms with E-state index in [-0.39, 0.29) is 0 Å². The standard InChI is InChI=1S/C7H7FNO2S/c1-12(10,11)9-7-4-2-6(8)3-5-7/h2,4-5,9H,1H3. The van der Waals surface area contributed by atoms with Crippen LogP contribution in [0.1, 0.15) is 0 Å². The van der Waals surface area contributed by atoms with Gasteiger partial charge in [0, 0.05) is 11.8 Å². The first-order valence-electron chi connectivity index (χ1n) is 3.12. The van der Waals surface area contributed by atoms with E-state index in [1.807, 2.05) is 0 Å². The van der Waals surface area contributed by atoms with Crippen LogP contribution < -0.4 is 4.72 Å². The molecule has 12 heavy (non-hydrogen) atoms. The van der Waals surface area contributed by atoms with E-state index in [9.17, 15) is 12.8 Å². The second-order valence-corrected chi connectivity index (χ2v) is 4.05. The Morgan fingerprint density at radius 1 is 1.50 bits per heavy atom. The molecule has 65 valence electrons. The van der Waals surface area contributed by atoms with Crippen molar-refractivity contribution in [2.24, 2.45) is 0 Å². The molecule has 0 heterocycles. The van der Waals surface area contributed by atoms with Crippen molar-refractivity contribution >= 4 is 15.7 Å². The summed E-state index contributed by atoms with van der Waals surface area (Å²) in [5, 5.41) is 0. The molecule has 0 unspecified atom stereocenters. The Hall–Kier alpha value is -1.10. The molecule has 0 aliphatic rings. The van der Waals surface area contributed by atoms with Gasteiger partial charge in [0.15, 0.2) is 0 Å². The van der Waals surface area contributed by atoms with Crippen LogP contribution in [0.4, 0.5) is 10.1 Å². The highest BCUT2D eigenvalue weighted by atomic mass is 32.2. The highest BCUT2D eigenvalue weighted by molar-refractivity contribution is 7.92. The minimum absolute atomic E-state index is 0.305. The van der Waals surface area contributed by atoms with Gasteiger partial charge >= 0.3 is 0 Å². The van der Waals surface area contributed by atoms with Crippen LogP contribution in [-0.4, -0.2) is 14.7 Å². The normalized spacial score (nSPS) is 11.2. The monoisotopic (exact) mass is 188 g/mol. The molecule has 0 aromatic heterocycles. The van der Waals surface area contributed by atoms with Gasteiger partial charge in [-0.2, -0.15) is 0 Å². The third-order valence-corrected chi connectivity index (χ3v) is 1.68. The van der Waals surface area contributed by atoms with Crippen molar-refractivity contribution in [1.29, 1.82) is 0 Å². The molecule has 0 amide bonds. The van der Waals surface area contributed by atoms with Crippen molar-refractivity contribution in [3.8, 4) is 0 Å². The minimum Gasteiger partial charge on any atom is -0.284 e. The first-order valence-corrected chi connectivity index (χ1v) is 5.01. The number of rotatable bonds is 2. The fourth-order valence-electron chi connectivity index (χ4n) is 0.683. The van der Waals surface area contributed by atoms with Crippen LogP contribution in [-0.2, 0) is 10.0 Å². The average Bonchev–Trinajstić information content (AvgIpc) is 1.91. The molecule has 0 saturated heterocycles. The van der Waals surface area contributed by atoms with E-state index in [1.165, 1.54) is 12.1 Å². The van der Waals surface area contributed by atoms with E-state index >= 15 is 0 Å². The van der Waals surface area contributed by atoms with E-state index in [0.717, 1.165) is 12.3 Å². The molecule has 0 aliphatic heterocycles. The summed E-state index contributed by atoms with van der Waals surface area (Å²) >= 11 is 0. The van der Waals surface area contributed by atoms with Gasteiger partial charge in [-0.1, -0.05) is 0 Å². The molecule has 1 radical (unpaired) electrons. The number of nitrogens with one attached hydrogen (secondary N) is 1. The van der Waals surface area contributed by atoms with Crippen LogP contribution in [0.2, 0.25) is 0 Å². The Morgan fingerprint density at radius 3 is 2.58 bits per heavy atom. The van der Waals surface area contributed by atoms with Crippen LogP contribution in [0, 0.1) is 11.9 Å². The maximum absolute atomic E-state index is 12.3. The van der Waals surface area contributed by atoms with Gasteiger partial charge in [-0.3, -0.25) is 4.72 Å². The Balaban J connectivity index is 2.85. The predicted octanol–water partition coefficient (Wildman–Crippen LogP) is 0.997. The lowest BCUT2D eigenvalue weighted by molar-refractivity contribution is 0.606. The molecular formula is C7H7FNO2S. The molecule has 5 heteroatoms. The first-order chi connectivity index (χ1) is 5.47. The largest absolute Gasteiger partial charge is 0.284 e. The van der Waals surface area contributed by atoms with Crippen LogP contribution in [0.5, 0.6) is 0 Å². The third kappa shape index (κ3) is 2.87. The Morgan fingerprint density at radius 2 is 2.17 bits per heavy atom. The van der Waals surface area contributed by atoms with Crippen molar-refractivity contribution in [3.05, 3.63) is 30.1 Å².